The van der Waals surface area contributed by atoms with E-state index in [1.165, 1.54) is 0 Å². The maximum atomic E-state index is 12.1. The summed E-state index contributed by atoms with van der Waals surface area (Å²) >= 11 is 0. The maximum Gasteiger partial charge on any atom is 0.320 e. The number of hydrogen-bond donors (Lipinski definition) is 0. The lowest BCUT2D eigenvalue weighted by Gasteiger charge is -2.36. The van der Waals surface area contributed by atoms with Crippen molar-refractivity contribution in [2.75, 3.05) is 33.2 Å². The zero-order chi connectivity index (χ0) is 14.8. The molecule has 1 aromatic heterocycles. The number of likely N-dealkylation sites (tertiary alicyclic amines) is 1. The van der Waals surface area contributed by atoms with Crippen LogP contribution in [0.3, 0.4) is 0 Å². The van der Waals surface area contributed by atoms with Gasteiger partial charge in [-0.3, -0.25) is 4.90 Å². The number of carbonyl (C=O) groups is 1. The van der Waals surface area contributed by atoms with Crippen LogP contribution in [-0.4, -0.2) is 69.6 Å². The molecule has 3 heterocycles. The van der Waals surface area contributed by atoms with Crippen molar-refractivity contribution in [1.82, 2.24) is 24.3 Å². The van der Waals surface area contributed by atoms with Gasteiger partial charge in [-0.15, -0.1) is 0 Å². The van der Waals surface area contributed by atoms with Gasteiger partial charge < -0.3 is 14.4 Å². The number of likely N-dealkylation sites (N-methyl/N-ethyl adjacent to an activating group) is 1. The molecule has 21 heavy (non-hydrogen) atoms. The van der Waals surface area contributed by atoms with E-state index in [9.17, 15) is 4.79 Å². The summed E-state index contributed by atoms with van der Waals surface area (Å²) < 4.78 is 2.20. The molecule has 0 aliphatic carbocycles. The van der Waals surface area contributed by atoms with Crippen LogP contribution in [0.4, 0.5) is 4.79 Å². The van der Waals surface area contributed by atoms with Crippen molar-refractivity contribution in [3.05, 3.63) is 18.2 Å². The summed E-state index contributed by atoms with van der Waals surface area (Å²) in [5.74, 6) is 1.15. The van der Waals surface area contributed by atoms with E-state index in [0.29, 0.717) is 6.04 Å². The first-order valence-electron chi connectivity index (χ1n) is 7.93. The Bertz CT molecular complexity index is 492. The van der Waals surface area contributed by atoms with Crippen LogP contribution in [0, 0.1) is 0 Å². The molecule has 0 unspecified atom stereocenters. The Morgan fingerprint density at radius 2 is 2.00 bits per heavy atom. The number of carbonyl (C=O) groups excluding carboxylic acids is 1. The molecular formula is C15H25N5O. The molecule has 0 spiro atoms. The first-order valence-corrected chi connectivity index (χ1v) is 7.93. The normalized spacial score (nSPS) is 21.5. The van der Waals surface area contributed by atoms with E-state index in [2.05, 4.69) is 26.3 Å². The van der Waals surface area contributed by atoms with Crippen LogP contribution in [-0.2, 0) is 13.1 Å². The first kappa shape index (κ1) is 14.4. The van der Waals surface area contributed by atoms with E-state index < -0.39 is 0 Å². The van der Waals surface area contributed by atoms with Gasteiger partial charge in [-0.1, -0.05) is 0 Å². The van der Waals surface area contributed by atoms with E-state index in [1.807, 2.05) is 24.3 Å². The number of rotatable bonds is 4. The molecule has 3 rings (SSSR count). The van der Waals surface area contributed by atoms with Crippen LogP contribution in [0.15, 0.2) is 12.4 Å². The number of urea groups is 1. The van der Waals surface area contributed by atoms with E-state index in [1.54, 1.807) is 0 Å². The third-order valence-electron chi connectivity index (χ3n) is 4.75. The van der Waals surface area contributed by atoms with Crippen LogP contribution in [0.25, 0.3) is 0 Å². The highest BCUT2D eigenvalue weighted by Gasteiger charge is 2.33. The number of amides is 2. The van der Waals surface area contributed by atoms with Crippen molar-refractivity contribution < 1.29 is 4.79 Å². The van der Waals surface area contributed by atoms with E-state index in [-0.39, 0.29) is 6.03 Å². The molecular weight excluding hydrogens is 266 g/mol. The predicted octanol–water partition coefficient (Wildman–Crippen LogP) is 1.23. The topological polar surface area (TPSA) is 44.6 Å². The number of piperidine rings is 1. The minimum Gasteiger partial charge on any atom is -0.334 e. The lowest BCUT2D eigenvalue weighted by molar-refractivity contribution is 0.125. The quantitative estimate of drug-likeness (QED) is 0.838. The van der Waals surface area contributed by atoms with Crippen molar-refractivity contribution >= 4 is 6.03 Å². The summed E-state index contributed by atoms with van der Waals surface area (Å²) in [5.41, 5.74) is 0. The second-order valence-corrected chi connectivity index (χ2v) is 6.03. The largest absolute Gasteiger partial charge is 0.334 e. The standard InChI is InChI=1S/C15H25N5O/c1-3-19-9-6-16-14(19)12-18-7-4-13(5-8-18)20-11-10-17(2)15(20)21/h6,9,13H,3-5,7-8,10-12H2,1-2H3. The predicted molar refractivity (Wildman–Crippen MR) is 80.9 cm³/mol. The number of imidazole rings is 1. The highest BCUT2D eigenvalue weighted by Crippen LogP contribution is 2.21. The molecule has 2 fully saturated rings. The Labute approximate surface area is 126 Å². The minimum absolute atomic E-state index is 0.204. The third kappa shape index (κ3) is 2.90. The van der Waals surface area contributed by atoms with Crippen LogP contribution in [0.2, 0.25) is 0 Å². The summed E-state index contributed by atoms with van der Waals surface area (Å²) in [6, 6.07) is 0.625. The van der Waals surface area contributed by atoms with Gasteiger partial charge in [-0.05, 0) is 19.8 Å². The second-order valence-electron chi connectivity index (χ2n) is 6.03. The highest BCUT2D eigenvalue weighted by molar-refractivity contribution is 5.76. The minimum atomic E-state index is 0.204. The molecule has 0 bridgehead atoms. The van der Waals surface area contributed by atoms with Crippen LogP contribution < -0.4 is 0 Å². The van der Waals surface area contributed by atoms with Gasteiger partial charge in [0.15, 0.2) is 0 Å². The van der Waals surface area contributed by atoms with Gasteiger partial charge in [0.05, 0.1) is 6.54 Å². The molecule has 2 amide bonds. The Morgan fingerprint density at radius 3 is 2.62 bits per heavy atom. The zero-order valence-electron chi connectivity index (χ0n) is 13.0. The third-order valence-corrected chi connectivity index (χ3v) is 4.75. The molecule has 0 radical (unpaired) electrons. The monoisotopic (exact) mass is 291 g/mol. The fraction of sp³-hybridized carbons (Fsp3) is 0.733. The van der Waals surface area contributed by atoms with Gasteiger partial charge >= 0.3 is 6.03 Å². The summed E-state index contributed by atoms with van der Waals surface area (Å²) in [4.78, 5) is 22.8. The van der Waals surface area contributed by atoms with E-state index in [0.717, 1.165) is 57.9 Å². The number of nitrogens with zero attached hydrogens (tertiary/aromatic N) is 5. The summed E-state index contributed by atoms with van der Waals surface area (Å²) in [6.45, 7) is 7.89. The highest BCUT2D eigenvalue weighted by atomic mass is 16.2. The number of aromatic nitrogens is 2. The Kier molecular flexibility index (Phi) is 4.14. The summed E-state index contributed by atoms with van der Waals surface area (Å²) in [5, 5.41) is 0. The Morgan fingerprint density at radius 1 is 1.24 bits per heavy atom. The zero-order valence-corrected chi connectivity index (χ0v) is 13.0. The molecule has 0 N–H and O–H groups in total. The molecule has 0 atom stereocenters. The van der Waals surface area contributed by atoms with Crippen LogP contribution in [0.1, 0.15) is 25.6 Å². The molecule has 0 saturated carbocycles. The number of hydrogen-bond acceptors (Lipinski definition) is 3. The van der Waals surface area contributed by atoms with Gasteiger partial charge in [0, 0.05) is 58.2 Å². The van der Waals surface area contributed by atoms with Crippen LogP contribution in [0.5, 0.6) is 0 Å². The summed E-state index contributed by atoms with van der Waals surface area (Å²) in [6.07, 6.45) is 6.07. The SMILES string of the molecule is CCn1ccnc1CN1CCC(N2CCN(C)C2=O)CC1. The van der Waals surface area contributed by atoms with Gasteiger partial charge in [-0.2, -0.15) is 0 Å². The lowest BCUT2D eigenvalue weighted by Crippen LogP contribution is -2.46. The maximum absolute atomic E-state index is 12.1. The molecule has 2 aliphatic heterocycles. The van der Waals surface area contributed by atoms with Crippen molar-refractivity contribution in [2.24, 2.45) is 0 Å². The molecule has 6 heteroatoms. The van der Waals surface area contributed by atoms with Gasteiger partial charge in [0.2, 0.25) is 0 Å². The lowest BCUT2D eigenvalue weighted by atomic mass is 10.0. The van der Waals surface area contributed by atoms with E-state index >= 15 is 0 Å². The van der Waals surface area contributed by atoms with Gasteiger partial charge in [0.25, 0.3) is 0 Å². The van der Waals surface area contributed by atoms with Gasteiger partial charge in [0.1, 0.15) is 5.82 Å². The average Bonchev–Trinajstić information content (AvgIpc) is 3.08. The fourth-order valence-electron chi connectivity index (χ4n) is 3.38. The molecule has 2 saturated heterocycles. The Balaban J connectivity index is 1.52. The number of aryl methyl sites for hydroxylation is 1. The van der Waals surface area contributed by atoms with Crippen molar-refractivity contribution in [3.63, 3.8) is 0 Å². The Hall–Kier alpha value is -1.56. The molecule has 2 aliphatic rings. The average molecular weight is 291 g/mol. The molecule has 1 aromatic rings. The van der Waals surface area contributed by atoms with Crippen molar-refractivity contribution in [1.29, 1.82) is 0 Å². The second kappa shape index (κ2) is 6.05. The van der Waals surface area contributed by atoms with Crippen LogP contribution >= 0.6 is 0 Å². The van der Waals surface area contributed by atoms with Crippen molar-refractivity contribution in [2.45, 2.75) is 38.9 Å². The first-order chi connectivity index (χ1) is 10.2. The van der Waals surface area contributed by atoms with Gasteiger partial charge in [-0.25, -0.2) is 9.78 Å². The van der Waals surface area contributed by atoms with E-state index in [4.69, 9.17) is 0 Å². The smallest absolute Gasteiger partial charge is 0.320 e. The summed E-state index contributed by atoms with van der Waals surface area (Å²) in [7, 11) is 1.89. The molecule has 6 nitrogen and oxygen atoms in total. The molecule has 0 aromatic carbocycles. The molecule has 116 valence electrons. The van der Waals surface area contributed by atoms with Crippen molar-refractivity contribution in [3.8, 4) is 0 Å². The fourth-order valence-corrected chi connectivity index (χ4v) is 3.38.